The van der Waals surface area contributed by atoms with Crippen molar-refractivity contribution in [2.45, 2.75) is 140 Å². The average molecular weight is 788 g/mol. The predicted octanol–water partition coefficient (Wildman–Crippen LogP) is 0.418. The van der Waals surface area contributed by atoms with E-state index in [1.54, 1.807) is 13.8 Å². The Morgan fingerprint density at radius 2 is 0.852 bits per heavy atom. The van der Waals surface area contributed by atoms with Crippen molar-refractivity contribution >= 4 is 23.9 Å². The molecule has 12 heteroatoms. The summed E-state index contributed by atoms with van der Waals surface area (Å²) in [6.45, 7) is 5.35. The summed E-state index contributed by atoms with van der Waals surface area (Å²) < 4.78 is 24.9. The largest absolute Gasteiger partial charge is 1.00 e. The summed E-state index contributed by atoms with van der Waals surface area (Å²) in [6.07, 6.45) is 9.63. The highest BCUT2D eigenvalue weighted by Crippen LogP contribution is 2.46. The third-order valence-corrected chi connectivity index (χ3v) is 13.5. The van der Waals surface area contributed by atoms with Crippen LogP contribution in [-0.2, 0) is 41.7 Å². The van der Waals surface area contributed by atoms with Gasteiger partial charge in [-0.05, 0) is 61.4 Å². The first-order valence-corrected chi connectivity index (χ1v) is 19.7. The van der Waals surface area contributed by atoms with E-state index in [4.69, 9.17) is 18.9 Å². The van der Waals surface area contributed by atoms with Gasteiger partial charge in [0.2, 0.25) is 0 Å². The first-order valence-electron chi connectivity index (χ1n) is 19.7. The van der Waals surface area contributed by atoms with Crippen molar-refractivity contribution in [3.8, 4) is 11.5 Å². The van der Waals surface area contributed by atoms with Gasteiger partial charge in [-0.2, -0.15) is 0 Å². The van der Waals surface area contributed by atoms with Crippen molar-refractivity contribution in [1.82, 2.24) is 0 Å². The van der Waals surface area contributed by atoms with Crippen molar-refractivity contribution in [3.63, 3.8) is 0 Å². The fraction of sp³-hybridized carbons (Fsp3) is 0.619. The molecule has 4 aliphatic heterocycles. The minimum Gasteiger partial charge on any atom is -1.00 e. The third-order valence-electron chi connectivity index (χ3n) is 13.5. The third kappa shape index (κ3) is 8.62. The predicted molar refractivity (Wildman–Crippen MR) is 193 cm³/mol. The molecule has 0 radical (unpaired) electrons. The van der Waals surface area contributed by atoms with Gasteiger partial charge in [0.1, 0.15) is 36.8 Å². The molecular weight excluding hydrogens is 731 g/mol. The fourth-order valence-corrected chi connectivity index (χ4v) is 10.2. The molecule has 1 saturated carbocycles. The highest BCUT2D eigenvalue weighted by Gasteiger charge is 2.55. The van der Waals surface area contributed by atoms with E-state index in [1.165, 1.54) is 11.1 Å². The number of hydrogen-bond donors (Lipinski definition) is 0. The number of halogens is 2. The smallest absolute Gasteiger partial charge is 0.310 e. The molecule has 4 saturated heterocycles. The molecule has 0 amide bonds. The summed E-state index contributed by atoms with van der Waals surface area (Å²) in [5.41, 5.74) is 2.42. The second-order valence-electron chi connectivity index (χ2n) is 16.6. The molecule has 296 valence electrons. The van der Waals surface area contributed by atoms with Crippen molar-refractivity contribution in [1.29, 1.82) is 0 Å². The van der Waals surface area contributed by atoms with Gasteiger partial charge in [-0.1, -0.05) is 13.8 Å². The summed E-state index contributed by atoms with van der Waals surface area (Å²) >= 11 is 0. The molecule has 0 spiro atoms. The number of esters is 4. The Kier molecular flexibility index (Phi) is 13.5. The Morgan fingerprint density at radius 1 is 0.537 bits per heavy atom. The minimum atomic E-state index is -0.408. The molecule has 10 nitrogen and oxygen atoms in total. The van der Waals surface area contributed by atoms with Crippen LogP contribution in [0.25, 0.3) is 0 Å². The number of carbonyl (C=O) groups excluding carboxylic acids is 4. The van der Waals surface area contributed by atoms with Gasteiger partial charge >= 0.3 is 23.9 Å². The van der Waals surface area contributed by atoms with Crippen LogP contribution in [0.4, 0.5) is 0 Å². The molecule has 7 rings (SSSR count). The Hall–Kier alpha value is -3.18. The monoisotopic (exact) mass is 786 g/mol. The summed E-state index contributed by atoms with van der Waals surface area (Å²) in [5.74, 6) is -0.593. The van der Waals surface area contributed by atoms with Gasteiger partial charge in [-0.15, -0.1) is 0 Å². The summed E-state index contributed by atoms with van der Waals surface area (Å²) in [4.78, 5) is 50.3. The molecule has 0 aromatic heterocycles. The van der Waals surface area contributed by atoms with Crippen LogP contribution in [0.5, 0.6) is 11.5 Å². The summed E-state index contributed by atoms with van der Waals surface area (Å²) in [6, 6.07) is 17.3. The Morgan fingerprint density at radius 3 is 1.13 bits per heavy atom. The van der Waals surface area contributed by atoms with Gasteiger partial charge in [0.05, 0.1) is 50.1 Å². The van der Waals surface area contributed by atoms with Crippen LogP contribution in [0, 0.1) is 11.8 Å². The lowest BCUT2D eigenvalue weighted by molar-refractivity contribution is -0.961. The number of fused-ring (bicyclic) bond motifs is 4. The fourth-order valence-electron chi connectivity index (χ4n) is 10.2. The number of quaternary nitrogens is 2. The lowest BCUT2D eigenvalue weighted by Gasteiger charge is -2.47. The second-order valence-corrected chi connectivity index (χ2v) is 16.6. The number of piperidine rings is 2. The number of rotatable bonds is 12. The normalized spacial score (nSPS) is 33.3. The molecule has 4 heterocycles. The number of benzene rings is 2. The lowest BCUT2D eigenvalue weighted by atomic mass is 9.73. The van der Waals surface area contributed by atoms with E-state index in [1.807, 2.05) is 24.3 Å². The van der Waals surface area contributed by atoms with E-state index >= 15 is 0 Å². The number of nitrogens with zero attached hydrogens (tertiary/aromatic N) is 2. The molecule has 6 atom stereocenters. The number of carbonyl (C=O) groups is 4. The van der Waals surface area contributed by atoms with Crippen molar-refractivity contribution in [2.24, 2.45) is 11.8 Å². The molecule has 2 aromatic carbocycles. The molecule has 5 aliphatic rings. The quantitative estimate of drug-likeness (QED) is 0.174. The van der Waals surface area contributed by atoms with Gasteiger partial charge in [0.25, 0.3) is 0 Å². The van der Waals surface area contributed by atoms with Crippen LogP contribution < -0.4 is 34.3 Å². The SMILES string of the molecule is CCC(=O)Oc1ccc(C[N+]2(C)C3CCC2CC(OC(=O)C2CCC2C(=O)OC2CC4CCC(C2)[N+]4(C)Cc2ccc(OC(=O)CC)cc2)C3)cc1.[Cl-].[Cl-]. The first-order chi connectivity index (χ1) is 25.0. The van der Waals surface area contributed by atoms with Crippen LogP contribution in [0.2, 0.25) is 0 Å². The zero-order valence-electron chi connectivity index (χ0n) is 32.1. The van der Waals surface area contributed by atoms with Gasteiger partial charge in [-0.25, -0.2) is 0 Å². The van der Waals surface area contributed by atoms with Gasteiger partial charge in [0, 0.05) is 75.3 Å². The van der Waals surface area contributed by atoms with Crippen LogP contribution in [-0.4, -0.2) is 83.3 Å². The highest BCUT2D eigenvalue weighted by molar-refractivity contribution is 5.84. The maximum atomic E-state index is 13.5. The van der Waals surface area contributed by atoms with Crippen molar-refractivity contribution in [2.75, 3.05) is 14.1 Å². The van der Waals surface area contributed by atoms with Gasteiger partial charge in [0.15, 0.2) is 0 Å². The van der Waals surface area contributed by atoms with E-state index in [9.17, 15) is 19.2 Å². The molecule has 54 heavy (non-hydrogen) atoms. The maximum Gasteiger partial charge on any atom is 0.310 e. The number of hydrogen-bond acceptors (Lipinski definition) is 8. The summed E-state index contributed by atoms with van der Waals surface area (Å²) in [7, 11) is 4.65. The van der Waals surface area contributed by atoms with E-state index in [2.05, 4.69) is 38.4 Å². The topological polar surface area (TPSA) is 105 Å². The number of ether oxygens (including phenoxy) is 4. The van der Waals surface area contributed by atoms with E-state index in [-0.39, 0.29) is 60.9 Å². The standard InChI is InChI=1S/C42H56N2O8.2ClH/c1-5-39(45)49-33-15-7-27(8-16-33)25-43(3)29-11-12-30(43)22-35(21-29)51-41(47)37-19-20-38(37)42(48)52-36-23-31-13-14-32(24-36)44(31,4)26-28-9-17-34(18-10-28)50-40(46)6-2;;/h7-10,15-18,29-32,35-38H,5-6,11-14,19-26H2,1-4H3;2*1H/q+2;;/p-2. The molecule has 6 unspecified atom stereocenters. The second kappa shape index (κ2) is 17.3. The van der Waals surface area contributed by atoms with E-state index in [0.29, 0.717) is 61.3 Å². The first kappa shape index (κ1) is 42.0. The molecular formula is C42H56Cl2N2O8. The molecule has 4 bridgehead atoms. The van der Waals surface area contributed by atoms with E-state index in [0.717, 1.165) is 73.4 Å². The molecule has 2 aromatic rings. The van der Waals surface area contributed by atoms with Crippen molar-refractivity contribution < 1.29 is 71.9 Å². The van der Waals surface area contributed by atoms with Crippen molar-refractivity contribution in [3.05, 3.63) is 59.7 Å². The van der Waals surface area contributed by atoms with E-state index < -0.39 is 11.8 Å². The molecule has 0 N–H and O–H groups in total. The van der Waals surface area contributed by atoms with Crippen LogP contribution in [0.15, 0.2) is 48.5 Å². The minimum absolute atomic E-state index is 0. The van der Waals surface area contributed by atoms with Gasteiger partial charge < -0.3 is 52.7 Å². The highest BCUT2D eigenvalue weighted by atomic mass is 35.5. The summed E-state index contributed by atoms with van der Waals surface area (Å²) in [5, 5.41) is 0. The average Bonchev–Trinajstić information content (AvgIpc) is 3.33. The Bertz CT molecular complexity index is 1500. The Balaban J connectivity index is 0.00000280. The maximum absolute atomic E-state index is 13.5. The van der Waals surface area contributed by atoms with Crippen LogP contribution in [0.3, 0.4) is 0 Å². The molecule has 5 fully saturated rings. The Labute approximate surface area is 332 Å². The van der Waals surface area contributed by atoms with Crippen LogP contribution >= 0.6 is 0 Å². The molecule has 1 aliphatic carbocycles. The van der Waals surface area contributed by atoms with Crippen LogP contribution in [0.1, 0.15) is 102 Å². The lowest BCUT2D eigenvalue weighted by Crippen LogP contribution is -3.00. The zero-order chi connectivity index (χ0) is 36.6. The van der Waals surface area contributed by atoms with Gasteiger partial charge in [-0.3, -0.25) is 19.2 Å². The zero-order valence-corrected chi connectivity index (χ0v) is 33.6.